The summed E-state index contributed by atoms with van der Waals surface area (Å²) in [5.74, 6) is 0. The van der Waals surface area contributed by atoms with E-state index in [4.69, 9.17) is 9.16 Å². The van der Waals surface area contributed by atoms with Gasteiger partial charge in [-0.1, -0.05) is 20.8 Å². The van der Waals surface area contributed by atoms with Crippen molar-refractivity contribution in [1.82, 2.24) is 4.90 Å². The van der Waals surface area contributed by atoms with Crippen molar-refractivity contribution in [2.45, 2.75) is 83.8 Å². The molecule has 6 heteroatoms. The second kappa shape index (κ2) is 6.49. The number of aliphatic hydroxyl groups excluding tert-OH is 1. The first-order chi connectivity index (χ1) is 9.77. The van der Waals surface area contributed by atoms with E-state index in [1.54, 1.807) is 4.90 Å². The molecule has 22 heavy (non-hydrogen) atoms. The van der Waals surface area contributed by atoms with Gasteiger partial charge >= 0.3 is 6.09 Å². The molecule has 0 aromatic heterocycles. The van der Waals surface area contributed by atoms with Crippen LogP contribution in [0.4, 0.5) is 4.79 Å². The highest BCUT2D eigenvalue weighted by atomic mass is 28.4. The number of likely N-dealkylation sites (tertiary alicyclic amines) is 1. The maximum Gasteiger partial charge on any atom is 0.410 e. The average molecular weight is 332 g/mol. The highest BCUT2D eigenvalue weighted by Gasteiger charge is 2.44. The maximum absolute atomic E-state index is 12.3. The Bertz CT molecular complexity index is 398. The lowest BCUT2D eigenvalue weighted by Gasteiger charge is -2.38. The molecule has 0 aliphatic carbocycles. The van der Waals surface area contributed by atoms with Crippen molar-refractivity contribution in [2.24, 2.45) is 0 Å². The maximum atomic E-state index is 12.3. The molecule has 0 bridgehead atoms. The van der Waals surface area contributed by atoms with E-state index >= 15 is 0 Å². The Hall–Kier alpha value is -0.593. The van der Waals surface area contributed by atoms with Gasteiger partial charge in [0.05, 0.1) is 18.8 Å². The van der Waals surface area contributed by atoms with Gasteiger partial charge in [-0.25, -0.2) is 4.79 Å². The highest BCUT2D eigenvalue weighted by Crippen LogP contribution is 2.39. The van der Waals surface area contributed by atoms with Crippen LogP contribution < -0.4 is 0 Å². The molecule has 0 radical (unpaired) electrons. The van der Waals surface area contributed by atoms with Gasteiger partial charge in [-0.15, -0.1) is 0 Å². The Morgan fingerprint density at radius 3 is 2.18 bits per heavy atom. The molecule has 0 saturated carbocycles. The normalized spacial score (nSPS) is 23.8. The molecule has 1 N–H and O–H groups in total. The molecule has 2 atom stereocenters. The summed E-state index contributed by atoms with van der Waals surface area (Å²) in [6.07, 6.45) is 0.279. The number of aliphatic hydroxyl groups is 1. The summed E-state index contributed by atoms with van der Waals surface area (Å²) in [7, 11) is -1.88. The third-order valence-electron chi connectivity index (χ3n) is 4.48. The standard InChI is InChI=1S/C16H33NO4Si/c1-15(2,3)20-14(19)17-10-13(9-12(17)11-18)21-22(7,8)16(4,5)6/h12-13,18H,9-11H2,1-8H3/t12-,13?/m0/s1. The summed E-state index contributed by atoms with van der Waals surface area (Å²) >= 11 is 0. The van der Waals surface area contributed by atoms with E-state index in [-0.39, 0.29) is 29.9 Å². The second-order valence-corrected chi connectivity index (χ2v) is 13.5. The van der Waals surface area contributed by atoms with Crippen LogP contribution in [0.15, 0.2) is 0 Å². The Morgan fingerprint density at radius 1 is 1.23 bits per heavy atom. The Balaban J connectivity index is 2.75. The van der Waals surface area contributed by atoms with Crippen molar-refractivity contribution in [3.05, 3.63) is 0 Å². The van der Waals surface area contributed by atoms with Crippen LogP contribution in [0.2, 0.25) is 18.1 Å². The minimum absolute atomic E-state index is 0.0226. The van der Waals surface area contributed by atoms with E-state index in [1.165, 1.54) is 0 Å². The summed E-state index contributed by atoms with van der Waals surface area (Å²) in [4.78, 5) is 13.9. The molecule has 0 aromatic rings. The number of rotatable bonds is 3. The molecule has 1 fully saturated rings. The first kappa shape index (κ1) is 19.5. The summed E-state index contributed by atoms with van der Waals surface area (Å²) in [5.41, 5.74) is -0.532. The fourth-order valence-electron chi connectivity index (χ4n) is 2.27. The van der Waals surface area contributed by atoms with E-state index in [2.05, 4.69) is 33.9 Å². The molecule has 1 heterocycles. The van der Waals surface area contributed by atoms with Crippen LogP contribution in [0.3, 0.4) is 0 Å². The van der Waals surface area contributed by atoms with E-state index < -0.39 is 13.9 Å². The lowest BCUT2D eigenvalue weighted by molar-refractivity contribution is 0.0164. The van der Waals surface area contributed by atoms with E-state index in [1.807, 2.05) is 20.8 Å². The number of hydrogen-bond donors (Lipinski definition) is 1. The topological polar surface area (TPSA) is 59.0 Å². The van der Waals surface area contributed by atoms with Crippen molar-refractivity contribution in [3.63, 3.8) is 0 Å². The molecule has 1 unspecified atom stereocenters. The Labute approximate surface area is 136 Å². The third kappa shape index (κ3) is 4.96. The van der Waals surface area contributed by atoms with E-state index in [9.17, 15) is 9.90 Å². The summed E-state index contributed by atoms with van der Waals surface area (Å²) < 4.78 is 11.8. The predicted octanol–water partition coefficient (Wildman–Crippen LogP) is 3.38. The zero-order valence-corrected chi connectivity index (χ0v) is 16.4. The fourth-order valence-corrected chi connectivity index (χ4v) is 3.63. The van der Waals surface area contributed by atoms with Crippen molar-refractivity contribution in [1.29, 1.82) is 0 Å². The van der Waals surface area contributed by atoms with Crippen LogP contribution in [0.25, 0.3) is 0 Å². The molecular weight excluding hydrogens is 298 g/mol. The number of carbonyl (C=O) groups is 1. The average Bonchev–Trinajstić information content (AvgIpc) is 2.67. The lowest BCUT2D eigenvalue weighted by Crippen LogP contribution is -2.45. The number of carbonyl (C=O) groups excluding carboxylic acids is 1. The molecule has 5 nitrogen and oxygen atoms in total. The highest BCUT2D eigenvalue weighted by molar-refractivity contribution is 6.74. The molecule has 1 aliphatic heterocycles. The van der Waals surface area contributed by atoms with E-state index in [0.29, 0.717) is 13.0 Å². The van der Waals surface area contributed by atoms with E-state index in [0.717, 1.165) is 0 Å². The lowest BCUT2D eigenvalue weighted by atomic mass is 10.2. The molecule has 1 amide bonds. The van der Waals surface area contributed by atoms with Crippen LogP contribution in [-0.2, 0) is 9.16 Å². The molecular formula is C16H33NO4Si. The zero-order valence-electron chi connectivity index (χ0n) is 15.4. The predicted molar refractivity (Wildman–Crippen MR) is 90.5 cm³/mol. The smallest absolute Gasteiger partial charge is 0.410 e. The third-order valence-corrected chi connectivity index (χ3v) is 9.02. The minimum atomic E-state index is -1.88. The van der Waals surface area contributed by atoms with Gasteiger partial charge in [0.1, 0.15) is 5.60 Å². The molecule has 1 rings (SSSR count). The minimum Gasteiger partial charge on any atom is -0.444 e. The van der Waals surface area contributed by atoms with Crippen molar-refractivity contribution in [3.8, 4) is 0 Å². The van der Waals surface area contributed by atoms with Crippen LogP contribution in [-0.4, -0.2) is 55.3 Å². The second-order valence-electron chi connectivity index (χ2n) is 8.70. The van der Waals surface area contributed by atoms with Gasteiger partial charge in [0.15, 0.2) is 8.32 Å². The van der Waals surface area contributed by atoms with Crippen LogP contribution >= 0.6 is 0 Å². The van der Waals surface area contributed by atoms with Gasteiger partial charge in [-0.05, 0) is 45.3 Å². The van der Waals surface area contributed by atoms with Gasteiger partial charge in [-0.3, -0.25) is 0 Å². The fraction of sp³-hybridized carbons (Fsp3) is 0.938. The monoisotopic (exact) mass is 331 g/mol. The molecule has 0 aromatic carbocycles. The largest absolute Gasteiger partial charge is 0.444 e. The van der Waals surface area contributed by atoms with Crippen LogP contribution in [0, 0.1) is 0 Å². The molecule has 1 saturated heterocycles. The van der Waals surface area contributed by atoms with Gasteiger partial charge in [-0.2, -0.15) is 0 Å². The van der Waals surface area contributed by atoms with Gasteiger partial charge in [0.25, 0.3) is 0 Å². The Morgan fingerprint density at radius 2 is 1.77 bits per heavy atom. The van der Waals surface area contributed by atoms with Gasteiger partial charge < -0.3 is 19.2 Å². The zero-order chi connectivity index (χ0) is 17.3. The van der Waals surface area contributed by atoms with Crippen molar-refractivity contribution in [2.75, 3.05) is 13.2 Å². The molecule has 0 spiro atoms. The number of hydrogen-bond acceptors (Lipinski definition) is 4. The molecule has 130 valence electrons. The van der Waals surface area contributed by atoms with Crippen molar-refractivity contribution >= 4 is 14.4 Å². The number of amides is 1. The Kier molecular flexibility index (Phi) is 5.74. The van der Waals surface area contributed by atoms with Gasteiger partial charge in [0.2, 0.25) is 0 Å². The quantitative estimate of drug-likeness (QED) is 0.806. The first-order valence-electron chi connectivity index (χ1n) is 8.05. The summed E-state index contributed by atoms with van der Waals surface area (Å²) in [6.45, 7) is 17.0. The SMILES string of the molecule is CC(C)(C)OC(=O)N1CC(O[Si](C)(C)C(C)(C)C)C[C@H]1CO. The number of ether oxygens (including phenoxy) is 1. The van der Waals surface area contributed by atoms with Crippen LogP contribution in [0.1, 0.15) is 48.0 Å². The number of nitrogens with zero attached hydrogens (tertiary/aromatic N) is 1. The summed E-state index contributed by atoms with van der Waals surface area (Å²) in [5, 5.41) is 9.69. The van der Waals surface area contributed by atoms with Crippen molar-refractivity contribution < 1.29 is 19.1 Å². The summed E-state index contributed by atoms with van der Waals surface area (Å²) in [6, 6.07) is -0.218. The van der Waals surface area contributed by atoms with Crippen LogP contribution in [0.5, 0.6) is 0 Å². The molecule has 1 aliphatic rings. The first-order valence-corrected chi connectivity index (χ1v) is 11.0. The van der Waals surface area contributed by atoms with Gasteiger partial charge in [0, 0.05) is 6.54 Å².